The van der Waals surface area contributed by atoms with Crippen LogP contribution in [0.5, 0.6) is 0 Å². The monoisotopic (exact) mass is 299 g/mol. The van der Waals surface area contributed by atoms with Crippen molar-refractivity contribution in [1.29, 1.82) is 0 Å². The maximum Gasteiger partial charge on any atom is 0.285 e. The zero-order chi connectivity index (χ0) is 16.1. The molecule has 1 aromatic carbocycles. The Hall–Kier alpha value is -2.12. The minimum absolute atomic E-state index is 0.0819. The molecule has 0 saturated heterocycles. The maximum absolute atomic E-state index is 12.3. The smallest absolute Gasteiger partial charge is 0.266 e. The van der Waals surface area contributed by atoms with Crippen molar-refractivity contribution in [1.82, 2.24) is 5.06 Å². The summed E-state index contributed by atoms with van der Waals surface area (Å²) in [5, 5.41) is 0.851. The van der Waals surface area contributed by atoms with Crippen LogP contribution in [0, 0.1) is 17.8 Å². The van der Waals surface area contributed by atoms with Crippen molar-refractivity contribution in [2.75, 3.05) is 0 Å². The number of amides is 2. The van der Waals surface area contributed by atoms with Gasteiger partial charge in [-0.25, -0.2) is 4.84 Å². The van der Waals surface area contributed by atoms with Crippen molar-refractivity contribution in [2.45, 2.75) is 46.1 Å². The van der Waals surface area contributed by atoms with E-state index >= 15 is 0 Å². The van der Waals surface area contributed by atoms with Crippen LogP contribution in [0.25, 0.3) is 0 Å². The number of carbonyl (C=O) groups excluding carboxylic acids is 2. The van der Waals surface area contributed by atoms with Crippen LogP contribution >= 0.6 is 0 Å². The van der Waals surface area contributed by atoms with E-state index in [9.17, 15) is 9.59 Å². The van der Waals surface area contributed by atoms with Gasteiger partial charge in [0.15, 0.2) is 0 Å². The van der Waals surface area contributed by atoms with Gasteiger partial charge in [0.25, 0.3) is 11.8 Å². The molecule has 4 nitrogen and oxygen atoms in total. The van der Waals surface area contributed by atoms with Crippen LogP contribution in [-0.4, -0.2) is 23.0 Å². The Kier molecular flexibility index (Phi) is 5.35. The van der Waals surface area contributed by atoms with Crippen molar-refractivity contribution in [3.05, 3.63) is 35.4 Å². The molecule has 1 unspecified atom stereocenters. The van der Waals surface area contributed by atoms with E-state index in [-0.39, 0.29) is 5.92 Å². The summed E-state index contributed by atoms with van der Waals surface area (Å²) in [7, 11) is 0. The fourth-order valence-corrected chi connectivity index (χ4v) is 2.13. The number of nitrogens with zero attached hydrogens (tertiary/aromatic N) is 1. The molecule has 0 saturated carbocycles. The maximum atomic E-state index is 12.3. The van der Waals surface area contributed by atoms with Crippen LogP contribution in [0.3, 0.4) is 0 Å². The van der Waals surface area contributed by atoms with Crippen LogP contribution < -0.4 is 0 Å². The van der Waals surface area contributed by atoms with Crippen molar-refractivity contribution in [3.8, 4) is 11.8 Å². The molecule has 0 fully saturated rings. The van der Waals surface area contributed by atoms with Gasteiger partial charge in [0, 0.05) is 6.42 Å². The van der Waals surface area contributed by atoms with Gasteiger partial charge in [0.1, 0.15) is 6.10 Å². The minimum Gasteiger partial charge on any atom is -0.266 e. The Morgan fingerprint density at radius 3 is 2.23 bits per heavy atom. The molecule has 2 amide bonds. The van der Waals surface area contributed by atoms with E-state index in [1.807, 2.05) is 13.8 Å². The van der Waals surface area contributed by atoms with Crippen molar-refractivity contribution in [3.63, 3.8) is 0 Å². The van der Waals surface area contributed by atoms with Gasteiger partial charge < -0.3 is 0 Å². The largest absolute Gasteiger partial charge is 0.285 e. The number of benzene rings is 1. The molecule has 4 heteroatoms. The molecule has 22 heavy (non-hydrogen) atoms. The second-order valence-electron chi connectivity index (χ2n) is 5.64. The molecule has 0 bridgehead atoms. The standard InChI is InChI=1S/C18H21NO3/c1-4-5-6-7-12-16(13(2)3)22-19-17(20)14-10-8-9-11-15(14)18(19)21/h8-11,13,16H,4-6H2,1-3H3. The predicted molar refractivity (Wildman–Crippen MR) is 84.0 cm³/mol. The Labute approximate surface area is 131 Å². The van der Waals surface area contributed by atoms with Gasteiger partial charge in [-0.15, -0.1) is 11.0 Å². The van der Waals surface area contributed by atoms with Crippen molar-refractivity contribution < 1.29 is 14.4 Å². The quantitative estimate of drug-likeness (QED) is 0.475. The highest BCUT2D eigenvalue weighted by atomic mass is 16.7. The van der Waals surface area contributed by atoms with Gasteiger partial charge in [-0.3, -0.25) is 9.59 Å². The van der Waals surface area contributed by atoms with E-state index in [4.69, 9.17) is 4.84 Å². The van der Waals surface area contributed by atoms with E-state index in [0.717, 1.165) is 24.3 Å². The molecule has 1 heterocycles. The zero-order valence-corrected chi connectivity index (χ0v) is 13.3. The highest BCUT2D eigenvalue weighted by Crippen LogP contribution is 2.24. The molecule has 0 radical (unpaired) electrons. The molecule has 1 aliphatic rings. The SMILES string of the molecule is CCCCC#CC(ON1C(=O)c2ccccc2C1=O)C(C)C. The normalized spacial score (nSPS) is 14.8. The second kappa shape index (κ2) is 7.24. The second-order valence-corrected chi connectivity index (χ2v) is 5.64. The van der Waals surface area contributed by atoms with Gasteiger partial charge >= 0.3 is 0 Å². The van der Waals surface area contributed by atoms with E-state index in [1.54, 1.807) is 24.3 Å². The Balaban J connectivity index is 2.13. The first-order chi connectivity index (χ1) is 10.6. The van der Waals surface area contributed by atoms with Gasteiger partial charge in [-0.1, -0.05) is 45.2 Å². The number of imide groups is 1. The molecule has 0 aromatic heterocycles. The number of unbranched alkanes of at least 4 members (excludes halogenated alkanes) is 2. The lowest BCUT2D eigenvalue weighted by Crippen LogP contribution is -2.36. The van der Waals surface area contributed by atoms with Gasteiger partial charge in [0.2, 0.25) is 0 Å². The summed E-state index contributed by atoms with van der Waals surface area (Å²) in [5.74, 6) is 5.35. The first-order valence-corrected chi connectivity index (χ1v) is 7.69. The van der Waals surface area contributed by atoms with E-state index < -0.39 is 17.9 Å². The molecule has 0 spiro atoms. The van der Waals surface area contributed by atoms with Gasteiger partial charge in [-0.2, -0.15) is 0 Å². The first-order valence-electron chi connectivity index (χ1n) is 7.69. The summed E-state index contributed by atoms with van der Waals surface area (Å²) in [6.07, 6.45) is 2.44. The molecular weight excluding hydrogens is 278 g/mol. The van der Waals surface area contributed by atoms with E-state index in [1.165, 1.54) is 0 Å². The Morgan fingerprint density at radius 1 is 1.14 bits per heavy atom. The van der Waals surface area contributed by atoms with Gasteiger partial charge in [0.05, 0.1) is 11.1 Å². The molecule has 1 aromatic rings. The van der Waals surface area contributed by atoms with Crippen molar-refractivity contribution in [2.24, 2.45) is 5.92 Å². The third kappa shape index (κ3) is 3.37. The number of hydrogen-bond acceptors (Lipinski definition) is 3. The predicted octanol–water partition coefficient (Wildman–Crippen LogP) is 3.43. The number of hydroxylamine groups is 2. The lowest BCUT2D eigenvalue weighted by Gasteiger charge is -2.21. The third-order valence-electron chi connectivity index (χ3n) is 3.48. The third-order valence-corrected chi connectivity index (χ3v) is 3.48. The van der Waals surface area contributed by atoms with Crippen LogP contribution in [0.15, 0.2) is 24.3 Å². The summed E-state index contributed by atoms with van der Waals surface area (Å²) in [5.41, 5.74) is 0.767. The highest BCUT2D eigenvalue weighted by molar-refractivity contribution is 6.20. The van der Waals surface area contributed by atoms with Crippen LogP contribution in [0.4, 0.5) is 0 Å². The summed E-state index contributed by atoms with van der Waals surface area (Å²) in [6.45, 7) is 6.02. The number of rotatable bonds is 5. The highest BCUT2D eigenvalue weighted by Gasteiger charge is 2.38. The minimum atomic E-state index is -0.473. The molecule has 1 atom stereocenters. The number of carbonyl (C=O) groups is 2. The van der Waals surface area contributed by atoms with Crippen molar-refractivity contribution >= 4 is 11.8 Å². The van der Waals surface area contributed by atoms with Crippen LogP contribution in [0.1, 0.15) is 60.7 Å². The lowest BCUT2D eigenvalue weighted by atomic mass is 10.1. The molecule has 0 aliphatic carbocycles. The van der Waals surface area contributed by atoms with E-state index in [2.05, 4.69) is 18.8 Å². The first kappa shape index (κ1) is 16.3. The number of fused-ring (bicyclic) bond motifs is 1. The molecular formula is C18H21NO3. The molecule has 116 valence electrons. The molecule has 2 rings (SSSR count). The van der Waals surface area contributed by atoms with E-state index in [0.29, 0.717) is 11.1 Å². The summed E-state index contributed by atoms with van der Waals surface area (Å²) in [4.78, 5) is 30.2. The number of hydrogen-bond donors (Lipinski definition) is 0. The fourth-order valence-electron chi connectivity index (χ4n) is 2.13. The van der Waals surface area contributed by atoms with Crippen LogP contribution in [-0.2, 0) is 4.84 Å². The molecule has 1 aliphatic heterocycles. The Bertz CT molecular complexity index is 590. The average Bonchev–Trinajstić information content (AvgIpc) is 2.75. The summed E-state index contributed by atoms with van der Waals surface area (Å²) < 4.78 is 0. The zero-order valence-electron chi connectivity index (χ0n) is 13.3. The lowest BCUT2D eigenvalue weighted by molar-refractivity contribution is -0.125. The van der Waals surface area contributed by atoms with Gasteiger partial charge in [-0.05, 0) is 24.5 Å². The summed E-state index contributed by atoms with van der Waals surface area (Å²) in [6, 6.07) is 6.74. The Morgan fingerprint density at radius 2 is 1.73 bits per heavy atom. The van der Waals surface area contributed by atoms with Crippen LogP contribution in [0.2, 0.25) is 0 Å². The molecule has 0 N–H and O–H groups in total. The fraction of sp³-hybridized carbons (Fsp3) is 0.444. The average molecular weight is 299 g/mol. The summed E-state index contributed by atoms with van der Waals surface area (Å²) >= 11 is 0. The topological polar surface area (TPSA) is 46.6 Å².